The van der Waals surface area contributed by atoms with E-state index in [1.54, 1.807) is 12.3 Å². The molecule has 0 radical (unpaired) electrons. The van der Waals surface area contributed by atoms with E-state index in [4.69, 9.17) is 4.74 Å². The lowest BCUT2D eigenvalue weighted by molar-refractivity contribution is 0.302. The second-order valence-corrected chi connectivity index (χ2v) is 11.4. The second kappa shape index (κ2) is 27.1. The monoisotopic (exact) mass is 529 g/mol. The first kappa shape index (κ1) is 34.5. The molecule has 0 fully saturated rings. The number of rotatable bonds is 28. The zero-order valence-electron chi connectivity index (χ0n) is 25.5. The van der Waals surface area contributed by atoms with Crippen molar-refractivity contribution in [1.29, 1.82) is 0 Å². The van der Waals surface area contributed by atoms with Gasteiger partial charge in [-0.2, -0.15) is 0 Å². The van der Waals surface area contributed by atoms with E-state index in [0.29, 0.717) is 0 Å². The summed E-state index contributed by atoms with van der Waals surface area (Å²) in [5, 5.41) is 10.3. The fraction of sp³-hybridized carbons (Fsp3) is 0.800. The normalized spacial score (nSPS) is 11.5. The molecule has 1 aromatic carbocycles. The molecular formula is C35H63NO2. The minimum absolute atomic E-state index is 0.260. The van der Waals surface area contributed by atoms with Crippen molar-refractivity contribution in [2.24, 2.45) is 4.99 Å². The number of hydrogen-bond donors (Lipinski definition) is 1. The molecule has 0 aliphatic rings. The third kappa shape index (κ3) is 21.4. The quantitative estimate of drug-likeness (QED) is 0.0866. The van der Waals surface area contributed by atoms with E-state index in [1.807, 2.05) is 12.1 Å². The van der Waals surface area contributed by atoms with Crippen LogP contribution in [0, 0.1) is 0 Å². The van der Waals surface area contributed by atoms with Gasteiger partial charge < -0.3 is 9.84 Å². The molecule has 1 aromatic rings. The summed E-state index contributed by atoms with van der Waals surface area (Å²) in [6.45, 7) is 6.13. The molecule has 1 rings (SSSR count). The van der Waals surface area contributed by atoms with Gasteiger partial charge in [-0.1, -0.05) is 155 Å². The minimum Gasteiger partial charge on any atom is -0.507 e. The van der Waals surface area contributed by atoms with E-state index in [9.17, 15) is 5.11 Å². The van der Waals surface area contributed by atoms with Gasteiger partial charge in [-0.05, 0) is 25.0 Å². The Hall–Kier alpha value is -1.51. The van der Waals surface area contributed by atoms with Gasteiger partial charge in [0.05, 0.1) is 6.61 Å². The van der Waals surface area contributed by atoms with E-state index in [2.05, 4.69) is 18.8 Å². The smallest absolute Gasteiger partial charge is 0.128 e. The highest BCUT2D eigenvalue weighted by molar-refractivity contribution is 5.83. The van der Waals surface area contributed by atoms with Crippen molar-refractivity contribution < 1.29 is 9.84 Å². The third-order valence-electron chi connectivity index (χ3n) is 7.64. The number of aromatic hydroxyl groups is 1. The first-order chi connectivity index (χ1) is 18.8. The maximum atomic E-state index is 10.3. The van der Waals surface area contributed by atoms with Crippen LogP contribution in [0.25, 0.3) is 0 Å². The van der Waals surface area contributed by atoms with Crippen LogP contribution in [0.1, 0.15) is 174 Å². The average Bonchev–Trinajstić information content (AvgIpc) is 2.92. The molecule has 0 atom stereocenters. The van der Waals surface area contributed by atoms with Gasteiger partial charge in [-0.15, -0.1) is 0 Å². The highest BCUT2D eigenvalue weighted by Crippen LogP contribution is 2.23. The van der Waals surface area contributed by atoms with Crippen LogP contribution >= 0.6 is 0 Å². The SMILES string of the molecule is CCCCCCCCCCCCCCCCOc1ccc(C=NCCCCCCCCCCCC)c(O)c1. The van der Waals surface area contributed by atoms with E-state index in [-0.39, 0.29) is 5.75 Å². The van der Waals surface area contributed by atoms with Crippen LogP contribution in [0.5, 0.6) is 11.5 Å². The summed E-state index contributed by atoms with van der Waals surface area (Å²) in [4.78, 5) is 4.52. The van der Waals surface area contributed by atoms with Crippen LogP contribution in [0.2, 0.25) is 0 Å². The summed E-state index contributed by atoms with van der Waals surface area (Å²) in [5.74, 6) is 1.01. The highest BCUT2D eigenvalue weighted by atomic mass is 16.5. The van der Waals surface area contributed by atoms with Crippen LogP contribution in [0.4, 0.5) is 0 Å². The maximum absolute atomic E-state index is 10.3. The number of ether oxygens (including phenoxy) is 1. The molecule has 0 aliphatic carbocycles. The van der Waals surface area contributed by atoms with Gasteiger partial charge in [0.1, 0.15) is 11.5 Å². The first-order valence-electron chi connectivity index (χ1n) is 16.7. The fourth-order valence-corrected chi connectivity index (χ4v) is 5.06. The lowest BCUT2D eigenvalue weighted by Gasteiger charge is -2.08. The summed E-state index contributed by atoms with van der Waals surface area (Å²) >= 11 is 0. The molecule has 0 spiro atoms. The number of hydrogen-bond acceptors (Lipinski definition) is 3. The third-order valence-corrected chi connectivity index (χ3v) is 7.64. The number of aliphatic imine (C=N–C) groups is 1. The molecule has 3 nitrogen and oxygen atoms in total. The van der Waals surface area contributed by atoms with Crippen LogP contribution in [0.15, 0.2) is 23.2 Å². The van der Waals surface area contributed by atoms with E-state index < -0.39 is 0 Å². The standard InChI is InChI=1S/C35H63NO2/c1-3-5-7-9-11-13-15-16-17-18-20-22-24-26-30-38-34-28-27-33(35(37)31-34)32-36-29-25-23-21-19-14-12-10-8-6-4-2/h27-28,31-32,37H,3-26,29-30H2,1-2H3. The molecule has 0 saturated carbocycles. The van der Waals surface area contributed by atoms with Crippen molar-refractivity contribution in [3.8, 4) is 11.5 Å². The molecule has 0 aromatic heterocycles. The molecule has 220 valence electrons. The van der Waals surface area contributed by atoms with Crippen molar-refractivity contribution in [2.75, 3.05) is 13.2 Å². The largest absolute Gasteiger partial charge is 0.507 e. The average molecular weight is 530 g/mol. The Morgan fingerprint density at radius 1 is 0.579 bits per heavy atom. The minimum atomic E-state index is 0.260. The molecule has 0 heterocycles. The van der Waals surface area contributed by atoms with Gasteiger partial charge in [0, 0.05) is 24.4 Å². The maximum Gasteiger partial charge on any atom is 0.128 e. The molecule has 0 bridgehead atoms. The molecule has 0 saturated heterocycles. The Labute approximate surface area is 237 Å². The molecular weight excluding hydrogens is 466 g/mol. The van der Waals surface area contributed by atoms with Crippen LogP contribution in [-0.4, -0.2) is 24.5 Å². The predicted octanol–water partition coefficient (Wildman–Crippen LogP) is 11.6. The van der Waals surface area contributed by atoms with Crippen molar-refractivity contribution >= 4 is 6.21 Å². The van der Waals surface area contributed by atoms with Crippen LogP contribution in [-0.2, 0) is 0 Å². The topological polar surface area (TPSA) is 41.8 Å². The molecule has 0 amide bonds. The van der Waals surface area contributed by atoms with Crippen molar-refractivity contribution in [3.63, 3.8) is 0 Å². The van der Waals surface area contributed by atoms with E-state index >= 15 is 0 Å². The molecule has 0 aliphatic heterocycles. The molecule has 1 N–H and O–H groups in total. The lowest BCUT2D eigenvalue weighted by Crippen LogP contribution is -1.97. The summed E-state index contributed by atoms with van der Waals surface area (Å²) < 4.78 is 5.86. The Morgan fingerprint density at radius 3 is 1.45 bits per heavy atom. The Balaban J connectivity index is 1.96. The van der Waals surface area contributed by atoms with E-state index in [0.717, 1.165) is 37.3 Å². The zero-order valence-corrected chi connectivity index (χ0v) is 25.5. The number of benzene rings is 1. The Bertz CT molecular complexity index is 657. The molecule has 38 heavy (non-hydrogen) atoms. The number of phenolic OH excluding ortho intramolecular Hbond substituents is 1. The van der Waals surface area contributed by atoms with Crippen molar-refractivity contribution in [1.82, 2.24) is 0 Å². The summed E-state index contributed by atoms with van der Waals surface area (Å²) in [7, 11) is 0. The van der Waals surface area contributed by atoms with Gasteiger partial charge in [0.15, 0.2) is 0 Å². The number of unbranched alkanes of at least 4 members (excludes halogenated alkanes) is 22. The molecule has 0 unspecified atom stereocenters. The van der Waals surface area contributed by atoms with Gasteiger partial charge in [0.2, 0.25) is 0 Å². The van der Waals surface area contributed by atoms with Crippen molar-refractivity contribution in [3.05, 3.63) is 23.8 Å². The van der Waals surface area contributed by atoms with Crippen LogP contribution < -0.4 is 4.74 Å². The summed E-state index contributed by atoms with van der Waals surface area (Å²) in [5.41, 5.74) is 0.779. The second-order valence-electron chi connectivity index (χ2n) is 11.4. The summed E-state index contributed by atoms with van der Waals surface area (Å²) in [6.07, 6.45) is 34.3. The fourth-order valence-electron chi connectivity index (χ4n) is 5.06. The van der Waals surface area contributed by atoms with Crippen molar-refractivity contribution in [2.45, 2.75) is 168 Å². The van der Waals surface area contributed by atoms with E-state index in [1.165, 1.54) is 141 Å². The zero-order chi connectivity index (χ0) is 27.4. The van der Waals surface area contributed by atoms with Gasteiger partial charge in [-0.3, -0.25) is 4.99 Å². The first-order valence-corrected chi connectivity index (χ1v) is 16.7. The Kier molecular flexibility index (Phi) is 24.6. The van der Waals surface area contributed by atoms with Gasteiger partial charge in [-0.25, -0.2) is 0 Å². The van der Waals surface area contributed by atoms with Crippen LogP contribution in [0.3, 0.4) is 0 Å². The van der Waals surface area contributed by atoms with Gasteiger partial charge in [0.25, 0.3) is 0 Å². The molecule has 3 heteroatoms. The number of nitrogens with zero attached hydrogens (tertiary/aromatic N) is 1. The number of phenols is 1. The highest BCUT2D eigenvalue weighted by Gasteiger charge is 2.02. The predicted molar refractivity (Wildman–Crippen MR) is 168 cm³/mol. The van der Waals surface area contributed by atoms with Gasteiger partial charge >= 0.3 is 0 Å². The lowest BCUT2D eigenvalue weighted by atomic mass is 10.0. The summed E-state index contributed by atoms with van der Waals surface area (Å²) in [6, 6.07) is 5.59. The Morgan fingerprint density at radius 2 is 1.00 bits per heavy atom.